The Kier molecular flexibility index (Phi) is 5.08. The molecule has 0 heterocycles. The zero-order chi connectivity index (χ0) is 13.8. The number of benzene rings is 1. The van der Waals surface area contributed by atoms with Gasteiger partial charge in [0.25, 0.3) is 0 Å². The van der Waals surface area contributed by atoms with Crippen molar-refractivity contribution in [3.8, 4) is 5.75 Å². The lowest BCUT2D eigenvalue weighted by atomic mass is 10.0. The molecule has 1 aromatic carbocycles. The van der Waals surface area contributed by atoms with E-state index in [1.807, 2.05) is 6.07 Å². The first-order valence-electron chi connectivity index (χ1n) is 7.06. The molecule has 0 spiro atoms. The molecule has 1 saturated carbocycles. The molecule has 4 heteroatoms. The molecule has 1 aliphatic carbocycles. The predicted octanol–water partition coefficient (Wildman–Crippen LogP) is 3.04. The van der Waals surface area contributed by atoms with Gasteiger partial charge in [-0.2, -0.15) is 0 Å². The van der Waals surface area contributed by atoms with Gasteiger partial charge in [-0.15, -0.1) is 0 Å². The topological polar surface area (TPSA) is 61.3 Å². The van der Waals surface area contributed by atoms with Gasteiger partial charge < -0.3 is 16.2 Å². The highest BCUT2D eigenvalue weighted by Crippen LogP contribution is 2.36. The quantitative estimate of drug-likeness (QED) is 0.808. The fraction of sp³-hybridized carbons (Fsp3) is 0.600. The minimum atomic E-state index is -0.219. The van der Waals surface area contributed by atoms with E-state index in [-0.39, 0.29) is 6.04 Å². The molecule has 106 valence electrons. The highest BCUT2D eigenvalue weighted by atomic mass is 35.5. The van der Waals surface area contributed by atoms with Crippen LogP contribution in [-0.2, 0) is 6.42 Å². The smallest absolute Gasteiger partial charge is 0.142 e. The molecule has 1 aliphatic rings. The number of aryl methyl sites for hydroxylation is 1. The van der Waals surface area contributed by atoms with Crippen molar-refractivity contribution in [2.45, 2.75) is 38.6 Å². The van der Waals surface area contributed by atoms with Crippen molar-refractivity contribution >= 4 is 11.6 Å². The second-order valence-corrected chi connectivity index (χ2v) is 5.75. The SMILES string of the molecule is CCCc1cc(Cl)c(OCC2CC2)c(C(N)CN)c1. The fourth-order valence-electron chi connectivity index (χ4n) is 2.15. The van der Waals surface area contributed by atoms with Crippen LogP contribution < -0.4 is 16.2 Å². The normalized spacial score (nSPS) is 16.4. The Morgan fingerprint density at radius 2 is 2.16 bits per heavy atom. The minimum Gasteiger partial charge on any atom is -0.491 e. The zero-order valence-corrected chi connectivity index (χ0v) is 12.2. The van der Waals surface area contributed by atoms with Crippen molar-refractivity contribution in [3.05, 3.63) is 28.3 Å². The predicted molar refractivity (Wildman–Crippen MR) is 79.6 cm³/mol. The molecule has 4 N–H and O–H groups in total. The van der Waals surface area contributed by atoms with Crippen LogP contribution in [0.3, 0.4) is 0 Å². The van der Waals surface area contributed by atoms with Crippen LogP contribution in [0, 0.1) is 5.92 Å². The second kappa shape index (κ2) is 6.60. The first kappa shape index (κ1) is 14.6. The van der Waals surface area contributed by atoms with Crippen LogP contribution in [0.4, 0.5) is 0 Å². The number of rotatable bonds is 7. The Labute approximate surface area is 120 Å². The summed E-state index contributed by atoms with van der Waals surface area (Å²) >= 11 is 6.35. The summed E-state index contributed by atoms with van der Waals surface area (Å²) in [7, 11) is 0. The number of ether oxygens (including phenoxy) is 1. The lowest BCUT2D eigenvalue weighted by Crippen LogP contribution is -2.22. The standard InChI is InChI=1S/C15H23ClN2O/c1-2-3-11-6-12(14(18)8-17)15(13(16)7-11)19-9-10-4-5-10/h6-7,10,14H,2-5,8-9,17-18H2,1H3. The molecule has 19 heavy (non-hydrogen) atoms. The van der Waals surface area contributed by atoms with E-state index >= 15 is 0 Å². The summed E-state index contributed by atoms with van der Waals surface area (Å²) in [6.45, 7) is 3.27. The summed E-state index contributed by atoms with van der Waals surface area (Å²) in [5.74, 6) is 1.42. The molecule has 0 aromatic heterocycles. The molecule has 0 radical (unpaired) electrons. The zero-order valence-electron chi connectivity index (χ0n) is 11.5. The van der Waals surface area contributed by atoms with Gasteiger partial charge in [-0.05, 0) is 36.8 Å². The first-order valence-corrected chi connectivity index (χ1v) is 7.44. The van der Waals surface area contributed by atoms with Crippen LogP contribution in [0.2, 0.25) is 5.02 Å². The Bertz CT molecular complexity index is 432. The second-order valence-electron chi connectivity index (χ2n) is 5.34. The Balaban J connectivity index is 2.25. The number of nitrogens with two attached hydrogens (primary N) is 2. The monoisotopic (exact) mass is 282 g/mol. The lowest BCUT2D eigenvalue weighted by molar-refractivity contribution is 0.295. The highest BCUT2D eigenvalue weighted by molar-refractivity contribution is 6.32. The van der Waals surface area contributed by atoms with E-state index in [1.165, 1.54) is 18.4 Å². The molecule has 0 saturated heterocycles. The van der Waals surface area contributed by atoms with Gasteiger partial charge in [-0.25, -0.2) is 0 Å². The van der Waals surface area contributed by atoms with E-state index in [9.17, 15) is 0 Å². The summed E-state index contributed by atoms with van der Waals surface area (Å²) in [4.78, 5) is 0. The van der Waals surface area contributed by atoms with E-state index in [0.717, 1.165) is 30.8 Å². The maximum absolute atomic E-state index is 6.35. The Hall–Kier alpha value is -0.770. The number of hydrogen-bond donors (Lipinski definition) is 2. The molecular weight excluding hydrogens is 260 g/mol. The van der Waals surface area contributed by atoms with Gasteiger partial charge in [0, 0.05) is 18.2 Å². The maximum atomic E-state index is 6.35. The molecule has 3 nitrogen and oxygen atoms in total. The van der Waals surface area contributed by atoms with E-state index < -0.39 is 0 Å². The highest BCUT2D eigenvalue weighted by Gasteiger charge is 2.24. The Morgan fingerprint density at radius 3 is 2.74 bits per heavy atom. The van der Waals surface area contributed by atoms with Crippen LogP contribution >= 0.6 is 11.6 Å². The summed E-state index contributed by atoms with van der Waals surface area (Å²) < 4.78 is 5.88. The molecule has 2 rings (SSSR count). The molecule has 0 aliphatic heterocycles. The average Bonchev–Trinajstić information content (AvgIpc) is 3.20. The van der Waals surface area contributed by atoms with Gasteiger partial charge in [-0.1, -0.05) is 31.0 Å². The third-order valence-electron chi connectivity index (χ3n) is 3.48. The van der Waals surface area contributed by atoms with Crippen LogP contribution in [0.25, 0.3) is 0 Å². The molecule has 1 fully saturated rings. The number of hydrogen-bond acceptors (Lipinski definition) is 3. The first-order chi connectivity index (χ1) is 9.15. The van der Waals surface area contributed by atoms with Gasteiger partial charge >= 0.3 is 0 Å². The van der Waals surface area contributed by atoms with Crippen LogP contribution in [0.5, 0.6) is 5.75 Å². The van der Waals surface area contributed by atoms with Gasteiger partial charge in [0.15, 0.2) is 0 Å². The van der Waals surface area contributed by atoms with Crippen molar-refractivity contribution in [1.29, 1.82) is 0 Å². The van der Waals surface area contributed by atoms with Gasteiger partial charge in [0.05, 0.1) is 11.6 Å². The lowest BCUT2D eigenvalue weighted by Gasteiger charge is -2.18. The number of halogens is 1. The van der Waals surface area contributed by atoms with Crippen molar-refractivity contribution in [1.82, 2.24) is 0 Å². The fourth-order valence-corrected chi connectivity index (χ4v) is 2.45. The van der Waals surface area contributed by atoms with Crippen LogP contribution in [0.15, 0.2) is 12.1 Å². The average molecular weight is 283 g/mol. The van der Waals surface area contributed by atoms with E-state index in [2.05, 4.69) is 13.0 Å². The van der Waals surface area contributed by atoms with E-state index in [0.29, 0.717) is 17.5 Å². The summed E-state index contributed by atoms with van der Waals surface area (Å²) in [6.07, 6.45) is 4.58. The molecule has 1 atom stereocenters. The molecular formula is C15H23ClN2O. The Morgan fingerprint density at radius 1 is 1.42 bits per heavy atom. The van der Waals surface area contributed by atoms with E-state index in [4.69, 9.17) is 27.8 Å². The van der Waals surface area contributed by atoms with E-state index in [1.54, 1.807) is 0 Å². The van der Waals surface area contributed by atoms with Gasteiger partial charge in [0.2, 0.25) is 0 Å². The molecule has 1 aromatic rings. The largest absolute Gasteiger partial charge is 0.491 e. The van der Waals surface area contributed by atoms with Crippen molar-refractivity contribution in [2.24, 2.45) is 17.4 Å². The van der Waals surface area contributed by atoms with Crippen molar-refractivity contribution in [3.63, 3.8) is 0 Å². The summed E-state index contributed by atoms with van der Waals surface area (Å²) in [5.41, 5.74) is 13.9. The molecule has 0 bridgehead atoms. The van der Waals surface area contributed by atoms with Gasteiger partial charge in [0.1, 0.15) is 5.75 Å². The molecule has 0 amide bonds. The molecule has 1 unspecified atom stereocenters. The van der Waals surface area contributed by atoms with Gasteiger partial charge in [-0.3, -0.25) is 0 Å². The van der Waals surface area contributed by atoms with Crippen LogP contribution in [0.1, 0.15) is 43.4 Å². The minimum absolute atomic E-state index is 0.219. The third-order valence-corrected chi connectivity index (χ3v) is 3.77. The van der Waals surface area contributed by atoms with Crippen LogP contribution in [-0.4, -0.2) is 13.2 Å². The summed E-state index contributed by atoms with van der Waals surface area (Å²) in [6, 6.07) is 3.86. The van der Waals surface area contributed by atoms with Crippen molar-refractivity contribution < 1.29 is 4.74 Å². The van der Waals surface area contributed by atoms with Crippen molar-refractivity contribution in [2.75, 3.05) is 13.2 Å². The maximum Gasteiger partial charge on any atom is 0.142 e. The third kappa shape index (κ3) is 3.85. The summed E-state index contributed by atoms with van der Waals surface area (Å²) in [5, 5.41) is 0.658.